The van der Waals surface area contributed by atoms with Gasteiger partial charge in [0.25, 0.3) is 0 Å². The summed E-state index contributed by atoms with van der Waals surface area (Å²) in [6.07, 6.45) is 2.55. The van der Waals surface area contributed by atoms with E-state index in [0.29, 0.717) is 11.0 Å². The minimum absolute atomic E-state index is 0.655. The van der Waals surface area contributed by atoms with Crippen molar-refractivity contribution >= 4 is 23.0 Å². The van der Waals surface area contributed by atoms with E-state index in [1.165, 1.54) is 19.4 Å². The number of nitrogens with zero attached hydrogens (tertiary/aromatic N) is 1. The highest BCUT2D eigenvalue weighted by Crippen LogP contribution is 2.22. The van der Waals surface area contributed by atoms with Crippen LogP contribution in [-0.2, 0) is 0 Å². The third kappa shape index (κ3) is 4.35. The summed E-state index contributed by atoms with van der Waals surface area (Å²) in [5.74, 6) is 1.47. The Kier molecular flexibility index (Phi) is 5.61. The second-order valence-electron chi connectivity index (χ2n) is 5.31. The first-order chi connectivity index (χ1) is 9.69. The first kappa shape index (κ1) is 15.1. The van der Waals surface area contributed by atoms with Crippen molar-refractivity contribution in [3.05, 3.63) is 24.3 Å². The zero-order valence-electron chi connectivity index (χ0n) is 12.2. The predicted molar refractivity (Wildman–Crippen MR) is 87.4 cm³/mol. The summed E-state index contributed by atoms with van der Waals surface area (Å²) in [5, 5.41) is 7.16. The van der Waals surface area contributed by atoms with Crippen LogP contribution >= 0.6 is 12.2 Å². The number of benzene rings is 1. The zero-order chi connectivity index (χ0) is 14.4. The van der Waals surface area contributed by atoms with Gasteiger partial charge in [-0.05, 0) is 56.7 Å². The maximum absolute atomic E-state index is 5.35. The molecule has 0 aromatic heterocycles. The van der Waals surface area contributed by atoms with Crippen LogP contribution in [0.2, 0.25) is 0 Å². The number of thiocarbonyl (C=S) groups is 1. The van der Waals surface area contributed by atoms with Gasteiger partial charge in [0, 0.05) is 13.1 Å². The molecule has 1 aromatic carbocycles. The van der Waals surface area contributed by atoms with Gasteiger partial charge in [-0.15, -0.1) is 0 Å². The molecule has 5 heteroatoms. The van der Waals surface area contributed by atoms with E-state index in [0.717, 1.165) is 24.5 Å². The smallest absolute Gasteiger partial charge is 0.170 e. The highest BCUT2D eigenvalue weighted by atomic mass is 32.1. The van der Waals surface area contributed by atoms with Gasteiger partial charge >= 0.3 is 0 Å². The predicted octanol–water partition coefficient (Wildman–Crippen LogP) is 2.32. The molecule has 20 heavy (non-hydrogen) atoms. The molecule has 0 radical (unpaired) electrons. The third-order valence-electron chi connectivity index (χ3n) is 3.63. The van der Waals surface area contributed by atoms with Crippen LogP contribution in [0.15, 0.2) is 24.3 Å². The van der Waals surface area contributed by atoms with Crippen LogP contribution in [0.4, 0.5) is 5.69 Å². The molecular formula is C15H23N3OS. The van der Waals surface area contributed by atoms with E-state index in [4.69, 9.17) is 17.0 Å². The van der Waals surface area contributed by atoms with Crippen LogP contribution in [0.3, 0.4) is 0 Å². The lowest BCUT2D eigenvalue weighted by molar-refractivity contribution is 0.211. The first-order valence-corrected chi connectivity index (χ1v) is 7.46. The standard InChI is InChI=1S/C15H23N3OS/c1-18-9-5-6-12(11-18)10-16-15(20)17-13-7-3-4-8-14(13)19-2/h3-4,7-8,12H,5-6,9-11H2,1-2H3,(H2,16,17,20). The number of para-hydroxylation sites is 2. The molecule has 1 heterocycles. The Hall–Kier alpha value is -1.33. The van der Waals surface area contributed by atoms with E-state index < -0.39 is 0 Å². The minimum atomic E-state index is 0.655. The van der Waals surface area contributed by atoms with E-state index in [1.54, 1.807) is 7.11 Å². The lowest BCUT2D eigenvalue weighted by Gasteiger charge is -2.30. The number of hydrogen-bond acceptors (Lipinski definition) is 3. The summed E-state index contributed by atoms with van der Waals surface area (Å²) in [4.78, 5) is 2.38. The molecule has 1 unspecified atom stereocenters. The molecule has 0 aliphatic carbocycles. The molecule has 0 saturated carbocycles. The number of hydrogen-bond donors (Lipinski definition) is 2. The fourth-order valence-electron chi connectivity index (χ4n) is 2.59. The van der Waals surface area contributed by atoms with E-state index in [2.05, 4.69) is 22.6 Å². The molecule has 0 spiro atoms. The Labute approximate surface area is 126 Å². The summed E-state index contributed by atoms with van der Waals surface area (Å²) in [6, 6.07) is 7.78. The monoisotopic (exact) mass is 293 g/mol. The maximum atomic E-state index is 5.35. The fourth-order valence-corrected chi connectivity index (χ4v) is 2.78. The summed E-state index contributed by atoms with van der Waals surface area (Å²) < 4.78 is 5.30. The average Bonchev–Trinajstić information content (AvgIpc) is 2.46. The third-order valence-corrected chi connectivity index (χ3v) is 3.87. The largest absolute Gasteiger partial charge is 0.495 e. The minimum Gasteiger partial charge on any atom is -0.495 e. The summed E-state index contributed by atoms with van der Waals surface area (Å²) in [7, 11) is 3.84. The Morgan fingerprint density at radius 2 is 2.25 bits per heavy atom. The van der Waals surface area contributed by atoms with Gasteiger partial charge in [0.05, 0.1) is 12.8 Å². The van der Waals surface area contributed by atoms with E-state index in [9.17, 15) is 0 Å². The second-order valence-corrected chi connectivity index (χ2v) is 5.71. The van der Waals surface area contributed by atoms with Crippen LogP contribution in [0.5, 0.6) is 5.75 Å². The molecule has 2 N–H and O–H groups in total. The van der Waals surface area contributed by atoms with Crippen molar-refractivity contribution < 1.29 is 4.74 Å². The lowest BCUT2D eigenvalue weighted by Crippen LogP contribution is -2.40. The van der Waals surface area contributed by atoms with Crippen LogP contribution in [0.25, 0.3) is 0 Å². The van der Waals surface area contributed by atoms with Crippen molar-refractivity contribution in [2.45, 2.75) is 12.8 Å². The highest BCUT2D eigenvalue weighted by molar-refractivity contribution is 7.80. The molecule has 2 rings (SSSR count). The van der Waals surface area contributed by atoms with Crippen molar-refractivity contribution in [1.82, 2.24) is 10.2 Å². The number of anilines is 1. The van der Waals surface area contributed by atoms with Crippen molar-refractivity contribution in [3.8, 4) is 5.75 Å². The maximum Gasteiger partial charge on any atom is 0.170 e. The number of ether oxygens (including phenoxy) is 1. The fraction of sp³-hybridized carbons (Fsp3) is 0.533. The first-order valence-electron chi connectivity index (χ1n) is 7.05. The van der Waals surface area contributed by atoms with Crippen molar-refractivity contribution in [1.29, 1.82) is 0 Å². The molecule has 1 aromatic rings. The van der Waals surface area contributed by atoms with Crippen LogP contribution in [-0.4, -0.2) is 43.8 Å². The lowest BCUT2D eigenvalue weighted by atomic mass is 9.99. The number of likely N-dealkylation sites (tertiary alicyclic amines) is 1. The van der Waals surface area contributed by atoms with E-state index >= 15 is 0 Å². The summed E-state index contributed by atoms with van der Waals surface area (Å²) in [5.41, 5.74) is 0.897. The molecule has 1 fully saturated rings. The van der Waals surface area contributed by atoms with Crippen molar-refractivity contribution in [3.63, 3.8) is 0 Å². The molecule has 1 aliphatic heterocycles. The van der Waals surface area contributed by atoms with Crippen LogP contribution < -0.4 is 15.4 Å². The number of nitrogens with one attached hydrogen (secondary N) is 2. The van der Waals surface area contributed by atoms with Gasteiger partial charge in [-0.25, -0.2) is 0 Å². The quantitative estimate of drug-likeness (QED) is 0.833. The Morgan fingerprint density at radius 3 is 3.00 bits per heavy atom. The van der Waals surface area contributed by atoms with Crippen LogP contribution in [0.1, 0.15) is 12.8 Å². The molecular weight excluding hydrogens is 270 g/mol. The number of piperidine rings is 1. The van der Waals surface area contributed by atoms with Gasteiger partial charge in [-0.3, -0.25) is 0 Å². The molecule has 1 aliphatic rings. The number of methoxy groups -OCH3 is 1. The summed E-state index contributed by atoms with van der Waals surface area (Å²) >= 11 is 5.35. The molecule has 110 valence electrons. The van der Waals surface area contributed by atoms with Crippen molar-refractivity contribution in [2.75, 3.05) is 39.1 Å². The Bertz CT molecular complexity index is 452. The Morgan fingerprint density at radius 1 is 1.45 bits per heavy atom. The average molecular weight is 293 g/mol. The molecule has 4 nitrogen and oxygen atoms in total. The van der Waals surface area contributed by atoms with E-state index in [1.807, 2.05) is 24.3 Å². The number of rotatable bonds is 4. The zero-order valence-corrected chi connectivity index (χ0v) is 13.0. The van der Waals surface area contributed by atoms with Gasteiger partial charge in [0.15, 0.2) is 5.11 Å². The summed E-state index contributed by atoms with van der Waals surface area (Å²) in [6.45, 7) is 3.27. The van der Waals surface area contributed by atoms with E-state index in [-0.39, 0.29) is 0 Å². The molecule has 1 saturated heterocycles. The van der Waals surface area contributed by atoms with Gasteiger partial charge in [0.2, 0.25) is 0 Å². The van der Waals surface area contributed by atoms with Crippen LogP contribution in [0, 0.1) is 5.92 Å². The van der Waals surface area contributed by atoms with Gasteiger partial charge in [0.1, 0.15) is 5.75 Å². The normalized spacial score (nSPS) is 19.4. The van der Waals surface area contributed by atoms with Crippen molar-refractivity contribution in [2.24, 2.45) is 5.92 Å². The molecule has 0 bridgehead atoms. The molecule has 1 atom stereocenters. The highest BCUT2D eigenvalue weighted by Gasteiger charge is 2.17. The van der Waals surface area contributed by atoms with Gasteiger partial charge < -0.3 is 20.3 Å². The Balaban J connectivity index is 1.80. The van der Waals surface area contributed by atoms with Gasteiger partial charge in [-0.2, -0.15) is 0 Å². The topological polar surface area (TPSA) is 36.5 Å². The van der Waals surface area contributed by atoms with Gasteiger partial charge in [-0.1, -0.05) is 12.1 Å². The second kappa shape index (κ2) is 7.45. The SMILES string of the molecule is COc1ccccc1NC(=S)NCC1CCCN(C)C1. The molecule has 0 amide bonds.